The highest BCUT2D eigenvalue weighted by molar-refractivity contribution is 5.75. The Morgan fingerprint density at radius 2 is 1.90 bits per heavy atom. The number of benzene rings is 1. The van der Waals surface area contributed by atoms with Crippen LogP contribution in [-0.4, -0.2) is 19.0 Å². The minimum absolute atomic E-state index is 0.0669. The van der Waals surface area contributed by atoms with Gasteiger partial charge in [-0.1, -0.05) is 26.0 Å². The fourth-order valence-corrected chi connectivity index (χ4v) is 2.05. The zero-order chi connectivity index (χ0) is 15.0. The van der Waals surface area contributed by atoms with Crippen molar-refractivity contribution in [3.63, 3.8) is 0 Å². The van der Waals surface area contributed by atoms with Crippen molar-refractivity contribution in [2.24, 2.45) is 11.1 Å². The van der Waals surface area contributed by atoms with Crippen molar-refractivity contribution in [3.05, 3.63) is 35.6 Å². The molecule has 0 radical (unpaired) electrons. The highest BCUT2D eigenvalue weighted by Crippen LogP contribution is 2.25. The van der Waals surface area contributed by atoms with E-state index in [1.165, 1.54) is 12.1 Å². The van der Waals surface area contributed by atoms with Crippen LogP contribution >= 0.6 is 0 Å². The molecule has 0 aliphatic heterocycles. The second kappa shape index (κ2) is 8.00. The molecular formula is C16H25FN2O. The summed E-state index contributed by atoms with van der Waals surface area (Å²) in [5, 5.41) is 2.90. The highest BCUT2D eigenvalue weighted by Gasteiger charge is 2.17. The van der Waals surface area contributed by atoms with Gasteiger partial charge in [-0.3, -0.25) is 4.79 Å². The first-order valence-electron chi connectivity index (χ1n) is 7.14. The van der Waals surface area contributed by atoms with Crippen molar-refractivity contribution < 1.29 is 9.18 Å². The number of nitrogens with one attached hydrogen (secondary N) is 1. The molecule has 3 nitrogen and oxygen atoms in total. The molecule has 1 aromatic carbocycles. The standard InChI is InChI=1S/C16H25FN2O/c1-16(2,10-11-18)9-7-15(20)19-12-8-13-3-5-14(17)6-4-13/h3-6H,7-12,18H2,1-2H3,(H,19,20). The highest BCUT2D eigenvalue weighted by atomic mass is 19.1. The fourth-order valence-electron chi connectivity index (χ4n) is 2.05. The molecule has 0 saturated carbocycles. The Morgan fingerprint density at radius 1 is 1.25 bits per heavy atom. The zero-order valence-electron chi connectivity index (χ0n) is 12.4. The second-order valence-corrected chi connectivity index (χ2v) is 5.93. The Kier molecular flexibility index (Phi) is 6.65. The van der Waals surface area contributed by atoms with Crippen molar-refractivity contribution in [1.29, 1.82) is 0 Å². The maximum atomic E-state index is 12.7. The maximum Gasteiger partial charge on any atom is 0.220 e. The Labute approximate surface area is 120 Å². The summed E-state index contributed by atoms with van der Waals surface area (Å²) in [6, 6.07) is 6.36. The lowest BCUT2D eigenvalue weighted by atomic mass is 9.84. The molecule has 0 heterocycles. The van der Waals surface area contributed by atoms with Crippen molar-refractivity contribution in [2.75, 3.05) is 13.1 Å². The Bertz CT molecular complexity index is 415. The van der Waals surface area contributed by atoms with Crippen LogP contribution in [0.2, 0.25) is 0 Å². The minimum Gasteiger partial charge on any atom is -0.356 e. The summed E-state index contributed by atoms with van der Waals surface area (Å²) in [6.07, 6.45) is 3.01. The van der Waals surface area contributed by atoms with Gasteiger partial charge in [-0.15, -0.1) is 0 Å². The van der Waals surface area contributed by atoms with Gasteiger partial charge >= 0.3 is 0 Å². The number of carbonyl (C=O) groups is 1. The van der Waals surface area contributed by atoms with Crippen molar-refractivity contribution in [2.45, 2.75) is 39.5 Å². The number of nitrogens with two attached hydrogens (primary N) is 1. The topological polar surface area (TPSA) is 55.1 Å². The molecule has 4 heteroatoms. The van der Waals surface area contributed by atoms with Crippen LogP contribution < -0.4 is 11.1 Å². The molecule has 0 aliphatic carbocycles. The van der Waals surface area contributed by atoms with Crippen LogP contribution in [0.25, 0.3) is 0 Å². The first-order chi connectivity index (χ1) is 9.43. The molecule has 0 spiro atoms. The Hall–Kier alpha value is -1.42. The van der Waals surface area contributed by atoms with Gasteiger partial charge in [0.1, 0.15) is 5.82 Å². The molecule has 1 amide bonds. The van der Waals surface area contributed by atoms with Gasteiger partial charge in [0.25, 0.3) is 0 Å². The number of hydrogen-bond donors (Lipinski definition) is 2. The SMILES string of the molecule is CC(C)(CCN)CCC(=O)NCCc1ccc(F)cc1. The van der Waals surface area contributed by atoms with Gasteiger partial charge in [0.05, 0.1) is 0 Å². The van der Waals surface area contributed by atoms with Crippen LogP contribution in [0, 0.1) is 11.2 Å². The molecule has 0 atom stereocenters. The van der Waals surface area contributed by atoms with Gasteiger partial charge < -0.3 is 11.1 Å². The van der Waals surface area contributed by atoms with E-state index in [0.717, 1.165) is 24.8 Å². The molecule has 1 rings (SSSR count). The van der Waals surface area contributed by atoms with Crippen LogP contribution in [-0.2, 0) is 11.2 Å². The molecule has 0 saturated heterocycles. The molecular weight excluding hydrogens is 255 g/mol. The summed E-state index contributed by atoms with van der Waals surface area (Å²) >= 11 is 0. The van der Waals surface area contributed by atoms with E-state index in [9.17, 15) is 9.18 Å². The molecule has 112 valence electrons. The first kappa shape index (κ1) is 16.6. The monoisotopic (exact) mass is 280 g/mol. The van der Waals surface area contributed by atoms with E-state index in [4.69, 9.17) is 5.73 Å². The first-order valence-corrected chi connectivity index (χ1v) is 7.14. The summed E-state index contributed by atoms with van der Waals surface area (Å²) in [4.78, 5) is 11.7. The van der Waals surface area contributed by atoms with Crippen LogP contribution in [0.1, 0.15) is 38.7 Å². The van der Waals surface area contributed by atoms with Gasteiger partial charge in [0, 0.05) is 13.0 Å². The Morgan fingerprint density at radius 3 is 2.50 bits per heavy atom. The molecule has 0 aliphatic rings. The minimum atomic E-state index is -0.236. The van der Waals surface area contributed by atoms with E-state index in [1.807, 2.05) is 0 Å². The van der Waals surface area contributed by atoms with E-state index in [1.54, 1.807) is 12.1 Å². The van der Waals surface area contributed by atoms with Crippen molar-refractivity contribution >= 4 is 5.91 Å². The summed E-state index contributed by atoms with van der Waals surface area (Å²) in [5.74, 6) is -0.169. The molecule has 3 N–H and O–H groups in total. The van der Waals surface area contributed by atoms with Gasteiger partial charge in [-0.05, 0) is 48.9 Å². The number of carbonyl (C=O) groups excluding carboxylic acids is 1. The summed E-state index contributed by atoms with van der Waals surface area (Å²) < 4.78 is 12.7. The van der Waals surface area contributed by atoms with E-state index < -0.39 is 0 Å². The maximum absolute atomic E-state index is 12.7. The number of halogens is 1. The van der Waals surface area contributed by atoms with Gasteiger partial charge in [-0.25, -0.2) is 4.39 Å². The van der Waals surface area contributed by atoms with Crippen molar-refractivity contribution in [1.82, 2.24) is 5.32 Å². The number of hydrogen-bond acceptors (Lipinski definition) is 2. The summed E-state index contributed by atoms with van der Waals surface area (Å²) in [5.41, 5.74) is 6.69. The molecule has 0 fully saturated rings. The van der Waals surface area contributed by atoms with Crippen LogP contribution in [0.4, 0.5) is 4.39 Å². The van der Waals surface area contributed by atoms with E-state index in [0.29, 0.717) is 19.5 Å². The predicted molar refractivity (Wildman–Crippen MR) is 79.8 cm³/mol. The molecule has 0 unspecified atom stereocenters. The lowest BCUT2D eigenvalue weighted by molar-refractivity contribution is -0.121. The third kappa shape index (κ3) is 6.66. The fraction of sp³-hybridized carbons (Fsp3) is 0.562. The van der Waals surface area contributed by atoms with Crippen LogP contribution in [0.3, 0.4) is 0 Å². The second-order valence-electron chi connectivity index (χ2n) is 5.93. The summed E-state index contributed by atoms with van der Waals surface area (Å²) in [6.45, 7) is 5.50. The predicted octanol–water partition coefficient (Wildman–Crippen LogP) is 2.64. The average Bonchev–Trinajstić information content (AvgIpc) is 2.39. The summed E-state index contributed by atoms with van der Waals surface area (Å²) in [7, 11) is 0. The van der Waals surface area contributed by atoms with Gasteiger partial charge in [0.2, 0.25) is 5.91 Å². The third-order valence-corrected chi connectivity index (χ3v) is 3.50. The third-order valence-electron chi connectivity index (χ3n) is 3.50. The van der Waals surface area contributed by atoms with E-state index >= 15 is 0 Å². The number of rotatable bonds is 8. The van der Waals surface area contributed by atoms with Crippen LogP contribution in [0.5, 0.6) is 0 Å². The largest absolute Gasteiger partial charge is 0.356 e. The smallest absolute Gasteiger partial charge is 0.220 e. The average molecular weight is 280 g/mol. The van der Waals surface area contributed by atoms with Gasteiger partial charge in [0.15, 0.2) is 0 Å². The molecule has 0 bridgehead atoms. The molecule has 20 heavy (non-hydrogen) atoms. The van der Waals surface area contributed by atoms with E-state index in [2.05, 4.69) is 19.2 Å². The van der Waals surface area contributed by atoms with Gasteiger partial charge in [-0.2, -0.15) is 0 Å². The van der Waals surface area contributed by atoms with E-state index in [-0.39, 0.29) is 17.1 Å². The quantitative estimate of drug-likeness (QED) is 0.769. The lowest BCUT2D eigenvalue weighted by Crippen LogP contribution is -2.27. The number of amides is 1. The van der Waals surface area contributed by atoms with Crippen molar-refractivity contribution in [3.8, 4) is 0 Å². The molecule has 1 aromatic rings. The lowest BCUT2D eigenvalue weighted by Gasteiger charge is -2.23. The van der Waals surface area contributed by atoms with Crippen LogP contribution in [0.15, 0.2) is 24.3 Å². The normalized spacial score (nSPS) is 11.4. The molecule has 0 aromatic heterocycles. The zero-order valence-corrected chi connectivity index (χ0v) is 12.4. The Balaban J connectivity index is 2.22.